The second-order valence-corrected chi connectivity index (χ2v) is 3.87. The van der Waals surface area contributed by atoms with Crippen LogP contribution in [0.3, 0.4) is 0 Å². The third-order valence-electron chi connectivity index (χ3n) is 2.74. The molecule has 0 saturated heterocycles. The van der Waals surface area contributed by atoms with Gasteiger partial charge in [0.1, 0.15) is 0 Å². The Morgan fingerprint density at radius 3 is 2.87 bits per heavy atom. The summed E-state index contributed by atoms with van der Waals surface area (Å²) in [6.45, 7) is 0. The van der Waals surface area contributed by atoms with Gasteiger partial charge in [0.05, 0.1) is 11.9 Å². The number of anilines is 1. The van der Waals surface area contributed by atoms with E-state index in [4.69, 9.17) is 0 Å². The van der Waals surface area contributed by atoms with Crippen LogP contribution < -0.4 is 5.32 Å². The van der Waals surface area contributed by atoms with Crippen LogP contribution in [-0.4, -0.2) is 10.9 Å². The van der Waals surface area contributed by atoms with Crippen LogP contribution >= 0.6 is 0 Å². The van der Waals surface area contributed by atoms with Gasteiger partial charge in [-0.25, -0.2) is 0 Å². The molecule has 1 aliphatic carbocycles. The van der Waals surface area contributed by atoms with Crippen LogP contribution in [0.25, 0.3) is 0 Å². The van der Waals surface area contributed by atoms with E-state index >= 15 is 0 Å². The number of aromatic nitrogens is 1. The van der Waals surface area contributed by atoms with E-state index in [0.717, 1.165) is 31.4 Å². The SMILES string of the molecule is O=C(Nc1cccnc1)C1CC[CH]CC1. The van der Waals surface area contributed by atoms with E-state index in [1.54, 1.807) is 12.4 Å². The van der Waals surface area contributed by atoms with Crippen molar-refractivity contribution < 1.29 is 4.79 Å². The fourth-order valence-corrected chi connectivity index (χ4v) is 1.87. The van der Waals surface area contributed by atoms with E-state index in [0.29, 0.717) is 0 Å². The average molecular weight is 203 g/mol. The molecule has 0 unspecified atom stereocenters. The van der Waals surface area contributed by atoms with Crippen molar-refractivity contribution in [2.24, 2.45) is 5.92 Å². The number of carbonyl (C=O) groups excluding carboxylic acids is 1. The minimum atomic E-state index is 0.135. The molecule has 3 nitrogen and oxygen atoms in total. The number of hydrogen-bond donors (Lipinski definition) is 1. The number of nitrogens with one attached hydrogen (secondary N) is 1. The molecule has 1 saturated carbocycles. The van der Waals surface area contributed by atoms with Gasteiger partial charge in [0, 0.05) is 12.1 Å². The molecule has 1 aromatic heterocycles. The molecule has 0 atom stereocenters. The first-order valence-corrected chi connectivity index (χ1v) is 5.39. The third-order valence-corrected chi connectivity index (χ3v) is 2.74. The van der Waals surface area contributed by atoms with Crippen molar-refractivity contribution in [3.05, 3.63) is 30.9 Å². The van der Waals surface area contributed by atoms with Crippen molar-refractivity contribution in [3.63, 3.8) is 0 Å². The van der Waals surface area contributed by atoms with Gasteiger partial charge >= 0.3 is 0 Å². The average Bonchev–Trinajstić information content (AvgIpc) is 2.31. The summed E-state index contributed by atoms with van der Waals surface area (Å²) < 4.78 is 0. The van der Waals surface area contributed by atoms with Crippen LogP contribution in [0.5, 0.6) is 0 Å². The molecule has 0 aromatic carbocycles. The van der Waals surface area contributed by atoms with Crippen molar-refractivity contribution in [2.45, 2.75) is 25.7 Å². The van der Waals surface area contributed by atoms with Crippen LogP contribution in [0.15, 0.2) is 24.5 Å². The molecule has 79 valence electrons. The lowest BCUT2D eigenvalue weighted by Crippen LogP contribution is -2.24. The Bertz CT molecular complexity index is 318. The van der Waals surface area contributed by atoms with Crippen molar-refractivity contribution in [1.29, 1.82) is 0 Å². The van der Waals surface area contributed by atoms with Crippen molar-refractivity contribution in [3.8, 4) is 0 Å². The number of carbonyl (C=O) groups is 1. The van der Waals surface area contributed by atoms with Gasteiger partial charge in [0.2, 0.25) is 5.91 Å². The Hall–Kier alpha value is -1.38. The summed E-state index contributed by atoms with van der Waals surface area (Å²) in [5.41, 5.74) is 0.789. The molecule has 1 heterocycles. The van der Waals surface area contributed by atoms with Crippen LogP contribution in [0.1, 0.15) is 25.7 Å². The zero-order chi connectivity index (χ0) is 10.5. The lowest BCUT2D eigenvalue weighted by atomic mass is 9.88. The number of rotatable bonds is 2. The first kappa shape index (κ1) is 10.1. The zero-order valence-electron chi connectivity index (χ0n) is 8.65. The predicted molar refractivity (Wildman–Crippen MR) is 59.1 cm³/mol. The third kappa shape index (κ3) is 2.78. The van der Waals surface area contributed by atoms with Gasteiger partial charge in [-0.05, 0) is 44.2 Å². The van der Waals surface area contributed by atoms with Gasteiger partial charge in [-0.2, -0.15) is 0 Å². The molecule has 1 N–H and O–H groups in total. The highest BCUT2D eigenvalue weighted by Gasteiger charge is 2.20. The quantitative estimate of drug-likeness (QED) is 0.802. The second-order valence-electron chi connectivity index (χ2n) is 3.87. The van der Waals surface area contributed by atoms with Crippen molar-refractivity contribution >= 4 is 11.6 Å². The topological polar surface area (TPSA) is 42.0 Å². The molecular weight excluding hydrogens is 188 g/mol. The minimum Gasteiger partial charge on any atom is -0.324 e. The minimum absolute atomic E-state index is 0.135. The van der Waals surface area contributed by atoms with E-state index in [-0.39, 0.29) is 11.8 Å². The first-order valence-electron chi connectivity index (χ1n) is 5.39. The van der Waals surface area contributed by atoms with Gasteiger partial charge in [0.25, 0.3) is 0 Å². The van der Waals surface area contributed by atoms with Gasteiger partial charge in [-0.3, -0.25) is 9.78 Å². The summed E-state index contributed by atoms with van der Waals surface area (Å²) in [5, 5.41) is 2.90. The molecule has 2 rings (SSSR count). The maximum atomic E-state index is 11.8. The number of nitrogens with zero attached hydrogens (tertiary/aromatic N) is 1. The number of amides is 1. The molecule has 1 fully saturated rings. The Morgan fingerprint density at radius 2 is 2.20 bits per heavy atom. The van der Waals surface area contributed by atoms with Gasteiger partial charge in [-0.1, -0.05) is 0 Å². The first-order chi connectivity index (χ1) is 7.36. The summed E-state index contributed by atoms with van der Waals surface area (Å²) in [6, 6.07) is 3.68. The highest BCUT2D eigenvalue weighted by molar-refractivity contribution is 5.92. The Balaban J connectivity index is 1.91. The molecule has 0 bridgehead atoms. The summed E-state index contributed by atoms with van der Waals surface area (Å²) in [7, 11) is 0. The monoisotopic (exact) mass is 203 g/mol. The molecule has 3 heteroatoms. The molecule has 0 spiro atoms. The van der Waals surface area contributed by atoms with E-state index in [9.17, 15) is 4.79 Å². The maximum Gasteiger partial charge on any atom is 0.227 e. The zero-order valence-corrected chi connectivity index (χ0v) is 8.65. The molecule has 0 aliphatic heterocycles. The smallest absolute Gasteiger partial charge is 0.227 e. The lowest BCUT2D eigenvalue weighted by Gasteiger charge is -2.20. The summed E-state index contributed by atoms with van der Waals surface area (Å²) >= 11 is 0. The largest absolute Gasteiger partial charge is 0.324 e. The standard InChI is InChI=1S/C12H15N2O/c15-12(10-5-2-1-3-6-10)14-11-7-4-8-13-9-11/h1,4,7-10H,2-3,5-6H2,(H,14,15). The Morgan fingerprint density at radius 1 is 1.40 bits per heavy atom. The Labute approximate surface area is 89.9 Å². The number of hydrogen-bond acceptors (Lipinski definition) is 2. The summed E-state index contributed by atoms with van der Waals surface area (Å²) in [6.07, 6.45) is 9.71. The van der Waals surface area contributed by atoms with E-state index < -0.39 is 0 Å². The fourth-order valence-electron chi connectivity index (χ4n) is 1.87. The summed E-state index contributed by atoms with van der Waals surface area (Å²) in [5.74, 6) is 0.311. The van der Waals surface area contributed by atoms with Gasteiger partial charge in [-0.15, -0.1) is 0 Å². The summed E-state index contributed by atoms with van der Waals surface area (Å²) in [4.78, 5) is 15.8. The molecule has 15 heavy (non-hydrogen) atoms. The molecule has 1 aromatic rings. The second kappa shape index (κ2) is 4.91. The fraction of sp³-hybridized carbons (Fsp3) is 0.417. The maximum absolute atomic E-state index is 11.8. The van der Waals surface area contributed by atoms with Crippen molar-refractivity contribution in [2.75, 3.05) is 5.32 Å². The molecule has 1 aliphatic rings. The highest BCUT2D eigenvalue weighted by atomic mass is 16.1. The Kier molecular flexibility index (Phi) is 3.33. The van der Waals surface area contributed by atoms with Crippen LogP contribution in [-0.2, 0) is 4.79 Å². The lowest BCUT2D eigenvalue weighted by molar-refractivity contribution is -0.120. The van der Waals surface area contributed by atoms with Crippen molar-refractivity contribution in [1.82, 2.24) is 4.98 Å². The van der Waals surface area contributed by atoms with Gasteiger partial charge < -0.3 is 5.32 Å². The highest BCUT2D eigenvalue weighted by Crippen LogP contribution is 2.24. The normalized spacial score (nSPS) is 17.3. The predicted octanol–water partition coefficient (Wildman–Crippen LogP) is 2.41. The van der Waals surface area contributed by atoms with E-state index in [1.807, 2.05) is 12.1 Å². The number of pyridine rings is 1. The van der Waals surface area contributed by atoms with E-state index in [1.165, 1.54) is 0 Å². The van der Waals surface area contributed by atoms with Gasteiger partial charge in [0.15, 0.2) is 0 Å². The molecular formula is C12H15N2O. The molecule has 1 radical (unpaired) electrons. The van der Waals surface area contributed by atoms with Crippen LogP contribution in [0.4, 0.5) is 5.69 Å². The molecule has 1 amide bonds. The van der Waals surface area contributed by atoms with Crippen LogP contribution in [0.2, 0.25) is 0 Å². The van der Waals surface area contributed by atoms with E-state index in [2.05, 4.69) is 16.7 Å². The van der Waals surface area contributed by atoms with Crippen LogP contribution in [0, 0.1) is 12.3 Å².